The zero-order valence-corrected chi connectivity index (χ0v) is 16.0. The van der Waals surface area contributed by atoms with Crippen molar-refractivity contribution in [3.05, 3.63) is 0 Å². The number of fused-ring (bicyclic) bond motifs is 1. The summed E-state index contributed by atoms with van der Waals surface area (Å²) in [6.07, 6.45) is 9.08. The lowest BCUT2D eigenvalue weighted by Gasteiger charge is -2.57. The Labute approximate surface area is 148 Å². The quantitative estimate of drug-likeness (QED) is 0.734. The SMILES string of the molecule is CCC1CCC2C(CN)C(C3(C)CCC(O)CC3CO)CCC12C. The van der Waals surface area contributed by atoms with Crippen LogP contribution in [-0.4, -0.2) is 29.5 Å². The highest BCUT2D eigenvalue weighted by Gasteiger charge is 2.57. The van der Waals surface area contributed by atoms with Crippen molar-refractivity contribution in [1.82, 2.24) is 0 Å². The molecule has 3 saturated carbocycles. The second-order valence-electron chi connectivity index (χ2n) is 9.65. The summed E-state index contributed by atoms with van der Waals surface area (Å²) in [5.41, 5.74) is 6.99. The average Bonchev–Trinajstić information content (AvgIpc) is 2.92. The third-order valence-corrected chi connectivity index (χ3v) is 8.97. The Bertz CT molecular complexity index is 442. The predicted molar refractivity (Wildman–Crippen MR) is 98.4 cm³/mol. The van der Waals surface area contributed by atoms with Gasteiger partial charge in [0.15, 0.2) is 0 Å². The van der Waals surface area contributed by atoms with Gasteiger partial charge in [-0.15, -0.1) is 0 Å². The molecule has 0 aromatic carbocycles. The van der Waals surface area contributed by atoms with Gasteiger partial charge in [-0.3, -0.25) is 0 Å². The van der Waals surface area contributed by atoms with Crippen LogP contribution in [0.4, 0.5) is 0 Å². The molecule has 3 heteroatoms. The Morgan fingerprint density at radius 1 is 0.958 bits per heavy atom. The van der Waals surface area contributed by atoms with Crippen molar-refractivity contribution in [3.63, 3.8) is 0 Å². The standard InChI is InChI=1S/C21H39NO2/c1-4-14-5-6-18-17(12-22)19(8-10-20(14,18)2)21(3)9-7-16(24)11-15(21)13-23/h14-19,23-24H,4-13,22H2,1-3H3. The highest BCUT2D eigenvalue weighted by atomic mass is 16.3. The van der Waals surface area contributed by atoms with Gasteiger partial charge in [0, 0.05) is 6.61 Å². The van der Waals surface area contributed by atoms with Gasteiger partial charge in [-0.05, 0) is 91.9 Å². The van der Waals surface area contributed by atoms with Gasteiger partial charge in [0.1, 0.15) is 0 Å². The van der Waals surface area contributed by atoms with Crippen molar-refractivity contribution < 1.29 is 10.2 Å². The molecule has 8 atom stereocenters. The number of nitrogens with two attached hydrogens (primary N) is 1. The fraction of sp³-hybridized carbons (Fsp3) is 1.00. The summed E-state index contributed by atoms with van der Waals surface area (Å²) >= 11 is 0. The van der Waals surface area contributed by atoms with Crippen molar-refractivity contribution in [2.24, 2.45) is 46.2 Å². The van der Waals surface area contributed by atoms with E-state index in [4.69, 9.17) is 5.73 Å². The van der Waals surface area contributed by atoms with Crippen molar-refractivity contribution in [1.29, 1.82) is 0 Å². The number of aliphatic hydroxyl groups excluding tert-OH is 2. The second-order valence-corrected chi connectivity index (χ2v) is 9.65. The van der Waals surface area contributed by atoms with Crippen LogP contribution >= 0.6 is 0 Å². The fourth-order valence-corrected chi connectivity index (χ4v) is 7.38. The topological polar surface area (TPSA) is 66.5 Å². The van der Waals surface area contributed by atoms with Gasteiger partial charge in [0.05, 0.1) is 6.10 Å². The normalized spacial score (nSPS) is 52.2. The molecule has 0 spiro atoms. The van der Waals surface area contributed by atoms with Gasteiger partial charge in [0.25, 0.3) is 0 Å². The molecular formula is C21H39NO2. The van der Waals surface area contributed by atoms with Crippen molar-refractivity contribution in [3.8, 4) is 0 Å². The second kappa shape index (κ2) is 6.89. The van der Waals surface area contributed by atoms with E-state index < -0.39 is 0 Å². The van der Waals surface area contributed by atoms with Gasteiger partial charge < -0.3 is 15.9 Å². The van der Waals surface area contributed by atoms with Crippen molar-refractivity contribution in [2.75, 3.05) is 13.2 Å². The van der Waals surface area contributed by atoms with E-state index in [0.29, 0.717) is 17.3 Å². The smallest absolute Gasteiger partial charge is 0.0544 e. The molecule has 0 bridgehead atoms. The fourth-order valence-electron chi connectivity index (χ4n) is 7.38. The zero-order chi connectivity index (χ0) is 17.5. The number of rotatable bonds is 4. The molecule has 0 aliphatic heterocycles. The maximum atomic E-state index is 10.1. The maximum Gasteiger partial charge on any atom is 0.0544 e. The van der Waals surface area contributed by atoms with Gasteiger partial charge >= 0.3 is 0 Å². The van der Waals surface area contributed by atoms with Gasteiger partial charge in [-0.25, -0.2) is 0 Å². The lowest BCUT2D eigenvalue weighted by molar-refractivity contribution is -0.102. The minimum absolute atomic E-state index is 0.143. The molecule has 0 heterocycles. The maximum absolute atomic E-state index is 10.1. The van der Waals surface area contributed by atoms with Crippen LogP contribution in [0.1, 0.15) is 72.1 Å². The number of hydrogen-bond donors (Lipinski definition) is 3. The third-order valence-electron chi connectivity index (χ3n) is 8.97. The first-order valence-corrected chi connectivity index (χ1v) is 10.4. The number of aliphatic hydroxyl groups is 2. The van der Waals surface area contributed by atoms with E-state index in [1.54, 1.807) is 0 Å². The van der Waals surface area contributed by atoms with Gasteiger partial charge in [-0.1, -0.05) is 27.2 Å². The van der Waals surface area contributed by atoms with E-state index in [2.05, 4.69) is 20.8 Å². The average molecular weight is 338 g/mol. The zero-order valence-electron chi connectivity index (χ0n) is 16.0. The lowest BCUT2D eigenvalue weighted by Crippen LogP contribution is -2.53. The van der Waals surface area contributed by atoms with E-state index in [9.17, 15) is 10.2 Å². The summed E-state index contributed by atoms with van der Waals surface area (Å²) in [5, 5.41) is 20.1. The first-order valence-electron chi connectivity index (χ1n) is 10.4. The van der Waals surface area contributed by atoms with Crippen LogP contribution in [0.2, 0.25) is 0 Å². The van der Waals surface area contributed by atoms with Crippen LogP contribution in [0.15, 0.2) is 0 Å². The molecule has 4 N–H and O–H groups in total. The van der Waals surface area contributed by atoms with Crippen LogP contribution in [0.5, 0.6) is 0 Å². The van der Waals surface area contributed by atoms with Gasteiger partial charge in [-0.2, -0.15) is 0 Å². The molecule has 24 heavy (non-hydrogen) atoms. The molecular weight excluding hydrogens is 298 g/mol. The van der Waals surface area contributed by atoms with E-state index in [-0.39, 0.29) is 24.0 Å². The molecule has 3 aliphatic rings. The van der Waals surface area contributed by atoms with E-state index >= 15 is 0 Å². The molecule has 3 aliphatic carbocycles. The van der Waals surface area contributed by atoms with Crippen LogP contribution in [0.25, 0.3) is 0 Å². The summed E-state index contributed by atoms with van der Waals surface area (Å²) in [6.45, 7) is 8.28. The number of hydrogen-bond acceptors (Lipinski definition) is 3. The van der Waals surface area contributed by atoms with Crippen LogP contribution < -0.4 is 5.73 Å². The Balaban J connectivity index is 1.87. The predicted octanol–water partition coefficient (Wildman–Crippen LogP) is 3.57. The van der Waals surface area contributed by atoms with E-state index in [1.807, 2.05) is 0 Å². The molecule has 0 saturated heterocycles. The minimum atomic E-state index is -0.226. The Morgan fingerprint density at radius 3 is 2.21 bits per heavy atom. The summed E-state index contributed by atoms with van der Waals surface area (Å²) in [6, 6.07) is 0. The molecule has 3 fully saturated rings. The molecule has 0 aromatic rings. The van der Waals surface area contributed by atoms with Crippen LogP contribution in [0, 0.1) is 40.4 Å². The first-order chi connectivity index (χ1) is 11.4. The Kier molecular flexibility index (Phi) is 5.36. The van der Waals surface area contributed by atoms with Crippen LogP contribution in [-0.2, 0) is 0 Å². The molecule has 140 valence electrons. The highest BCUT2D eigenvalue weighted by molar-refractivity contribution is 5.07. The monoisotopic (exact) mass is 337 g/mol. The molecule has 0 aromatic heterocycles. The summed E-state index contributed by atoms with van der Waals surface area (Å²) < 4.78 is 0. The Morgan fingerprint density at radius 2 is 1.58 bits per heavy atom. The molecule has 0 amide bonds. The summed E-state index contributed by atoms with van der Waals surface area (Å²) in [7, 11) is 0. The summed E-state index contributed by atoms with van der Waals surface area (Å²) in [4.78, 5) is 0. The summed E-state index contributed by atoms with van der Waals surface area (Å²) in [5.74, 6) is 3.06. The Hall–Kier alpha value is -0.120. The molecule has 8 unspecified atom stereocenters. The lowest BCUT2D eigenvalue weighted by atomic mass is 9.48. The highest BCUT2D eigenvalue weighted by Crippen LogP contribution is 2.64. The van der Waals surface area contributed by atoms with Gasteiger partial charge in [0.2, 0.25) is 0 Å². The minimum Gasteiger partial charge on any atom is -0.396 e. The van der Waals surface area contributed by atoms with Crippen molar-refractivity contribution in [2.45, 2.75) is 78.2 Å². The van der Waals surface area contributed by atoms with Crippen molar-refractivity contribution >= 4 is 0 Å². The molecule has 0 radical (unpaired) electrons. The first kappa shape index (κ1) is 18.7. The largest absolute Gasteiger partial charge is 0.396 e. The van der Waals surface area contributed by atoms with E-state index in [0.717, 1.165) is 37.6 Å². The van der Waals surface area contributed by atoms with E-state index in [1.165, 1.54) is 32.1 Å². The molecule has 3 rings (SSSR count). The van der Waals surface area contributed by atoms with Crippen LogP contribution in [0.3, 0.4) is 0 Å². The third kappa shape index (κ3) is 2.75. The molecule has 3 nitrogen and oxygen atoms in total.